The summed E-state index contributed by atoms with van der Waals surface area (Å²) in [4.78, 5) is 1.35. The Labute approximate surface area is 118 Å². The van der Waals surface area contributed by atoms with E-state index >= 15 is 0 Å². The van der Waals surface area contributed by atoms with Crippen molar-refractivity contribution in [2.75, 3.05) is 0 Å². The molecule has 1 heterocycles. The number of nitrogens with zero attached hydrogens (tertiary/aromatic N) is 4. The number of alkyl halides is 5. The van der Waals surface area contributed by atoms with Crippen LogP contribution in [0.5, 0.6) is 0 Å². The molecular weight excluding hydrogens is 317 g/mol. The Morgan fingerprint density at radius 1 is 1.00 bits per heavy atom. The summed E-state index contributed by atoms with van der Waals surface area (Å²) in [6, 6.07) is 0. The van der Waals surface area contributed by atoms with E-state index in [0.29, 0.717) is 0 Å². The average Bonchev–Trinajstić information content (AvgIpc) is 2.47. The molecule has 0 aliphatic heterocycles. The Kier molecular flexibility index (Phi) is 3.94. The van der Waals surface area contributed by atoms with Gasteiger partial charge in [-0.25, -0.2) is 0 Å². The standard InChI is InChI=1S/C7H9Cl5N4/c1-5(2,3)16-14-4(13-15-16)6(8,9)7(10,11)12/h1-3H3. The van der Waals surface area contributed by atoms with E-state index < -0.39 is 8.13 Å². The van der Waals surface area contributed by atoms with Crippen LogP contribution in [-0.4, -0.2) is 24.0 Å². The normalized spacial score (nSPS) is 14.2. The number of aromatic nitrogens is 4. The maximum absolute atomic E-state index is 5.89. The van der Waals surface area contributed by atoms with E-state index in [-0.39, 0.29) is 11.4 Å². The second kappa shape index (κ2) is 4.32. The lowest BCUT2D eigenvalue weighted by Gasteiger charge is -2.23. The zero-order valence-corrected chi connectivity index (χ0v) is 12.5. The predicted octanol–water partition coefficient (Wildman–Crippen LogP) is 3.43. The Morgan fingerprint density at radius 3 is 1.81 bits per heavy atom. The first-order valence-electron chi connectivity index (χ1n) is 4.22. The van der Waals surface area contributed by atoms with Crippen LogP contribution < -0.4 is 0 Å². The fourth-order valence-electron chi connectivity index (χ4n) is 0.751. The minimum atomic E-state index is -1.94. The molecule has 0 N–H and O–H groups in total. The van der Waals surface area contributed by atoms with Gasteiger partial charge < -0.3 is 0 Å². The van der Waals surface area contributed by atoms with Gasteiger partial charge in [0.25, 0.3) is 0 Å². The maximum Gasteiger partial charge on any atom is 0.230 e. The van der Waals surface area contributed by atoms with Crippen molar-refractivity contribution in [1.29, 1.82) is 0 Å². The lowest BCUT2D eigenvalue weighted by atomic mass is 10.1. The number of tetrazole rings is 1. The van der Waals surface area contributed by atoms with Crippen LogP contribution in [0.15, 0.2) is 0 Å². The first-order valence-corrected chi connectivity index (χ1v) is 6.11. The summed E-state index contributed by atoms with van der Waals surface area (Å²) in [6.07, 6.45) is 0. The number of rotatable bonds is 1. The second-order valence-corrected chi connectivity index (χ2v) is 7.75. The Bertz CT molecular complexity index is 375. The molecule has 9 heteroatoms. The third-order valence-electron chi connectivity index (χ3n) is 1.65. The largest absolute Gasteiger partial charge is 0.230 e. The topological polar surface area (TPSA) is 43.6 Å². The number of hydrogen-bond acceptors (Lipinski definition) is 3. The zero-order chi connectivity index (χ0) is 12.8. The molecule has 0 bridgehead atoms. The van der Waals surface area contributed by atoms with Crippen molar-refractivity contribution < 1.29 is 0 Å². The van der Waals surface area contributed by atoms with E-state index in [9.17, 15) is 0 Å². The van der Waals surface area contributed by atoms with Crippen molar-refractivity contribution >= 4 is 58.0 Å². The summed E-state index contributed by atoms with van der Waals surface area (Å²) in [6.45, 7) is 5.66. The van der Waals surface area contributed by atoms with Crippen molar-refractivity contribution in [3.8, 4) is 0 Å². The van der Waals surface area contributed by atoms with Crippen LogP contribution in [-0.2, 0) is 9.87 Å². The SMILES string of the molecule is CC(C)(C)n1nnc(C(Cl)(Cl)C(Cl)(Cl)Cl)n1. The van der Waals surface area contributed by atoms with Crippen molar-refractivity contribution in [3.63, 3.8) is 0 Å². The first kappa shape index (κ1) is 14.6. The Hall–Kier alpha value is 0.520. The van der Waals surface area contributed by atoms with Crippen molar-refractivity contribution in [1.82, 2.24) is 20.2 Å². The lowest BCUT2D eigenvalue weighted by Crippen LogP contribution is -2.31. The average molecular weight is 326 g/mol. The van der Waals surface area contributed by atoms with Gasteiger partial charge in [0.1, 0.15) is 0 Å². The summed E-state index contributed by atoms with van der Waals surface area (Å²) in [7, 11) is 0. The highest BCUT2D eigenvalue weighted by Crippen LogP contribution is 2.51. The molecule has 1 aromatic heterocycles. The fraction of sp³-hybridized carbons (Fsp3) is 0.857. The molecule has 1 aromatic rings. The summed E-state index contributed by atoms with van der Waals surface area (Å²) in [5.74, 6) is -0.0502. The molecule has 0 saturated heterocycles. The van der Waals surface area contributed by atoms with E-state index in [4.69, 9.17) is 58.0 Å². The molecule has 0 spiro atoms. The van der Waals surface area contributed by atoms with E-state index in [0.717, 1.165) is 0 Å². The molecule has 16 heavy (non-hydrogen) atoms. The lowest BCUT2D eigenvalue weighted by molar-refractivity contribution is 0.305. The summed E-state index contributed by atoms with van der Waals surface area (Å²) in [5, 5.41) is 11.5. The fourth-order valence-corrected chi connectivity index (χ4v) is 1.16. The highest BCUT2D eigenvalue weighted by atomic mass is 35.6. The van der Waals surface area contributed by atoms with E-state index in [2.05, 4.69) is 15.4 Å². The molecule has 0 aliphatic carbocycles. The molecular formula is C7H9Cl5N4. The minimum Gasteiger partial charge on any atom is -0.159 e. The smallest absolute Gasteiger partial charge is 0.159 e. The molecule has 0 atom stereocenters. The van der Waals surface area contributed by atoms with Crippen LogP contribution in [0.3, 0.4) is 0 Å². The van der Waals surface area contributed by atoms with E-state index in [1.165, 1.54) is 4.80 Å². The van der Waals surface area contributed by atoms with Gasteiger partial charge in [0.05, 0.1) is 5.54 Å². The van der Waals surface area contributed by atoms with Crippen LogP contribution >= 0.6 is 58.0 Å². The minimum absolute atomic E-state index is 0.0502. The van der Waals surface area contributed by atoms with Gasteiger partial charge in [0, 0.05) is 0 Å². The summed E-state index contributed by atoms with van der Waals surface area (Å²) < 4.78 is -3.79. The van der Waals surface area contributed by atoms with Gasteiger partial charge >= 0.3 is 0 Å². The van der Waals surface area contributed by atoms with Crippen molar-refractivity contribution in [3.05, 3.63) is 5.82 Å². The molecule has 0 aromatic carbocycles. The molecule has 0 amide bonds. The Balaban J connectivity index is 3.13. The van der Waals surface area contributed by atoms with Gasteiger partial charge in [0.2, 0.25) is 14.0 Å². The van der Waals surface area contributed by atoms with Crippen LogP contribution in [0.2, 0.25) is 0 Å². The quantitative estimate of drug-likeness (QED) is 0.743. The molecule has 4 nitrogen and oxygen atoms in total. The molecule has 0 saturated carbocycles. The van der Waals surface area contributed by atoms with Gasteiger partial charge in [-0.05, 0) is 26.0 Å². The van der Waals surface area contributed by atoms with Crippen molar-refractivity contribution in [2.45, 2.75) is 34.4 Å². The predicted molar refractivity (Wildman–Crippen MR) is 66.5 cm³/mol. The summed E-state index contributed by atoms with van der Waals surface area (Å²) in [5.41, 5.74) is -0.358. The molecule has 0 radical (unpaired) electrons. The number of halogens is 5. The van der Waals surface area contributed by atoms with Gasteiger partial charge in [-0.2, -0.15) is 4.80 Å². The highest BCUT2D eigenvalue weighted by Gasteiger charge is 2.51. The monoisotopic (exact) mass is 324 g/mol. The van der Waals surface area contributed by atoms with Crippen LogP contribution in [0.4, 0.5) is 0 Å². The van der Waals surface area contributed by atoms with E-state index in [1.54, 1.807) is 0 Å². The third-order valence-corrected chi connectivity index (χ3v) is 3.99. The maximum atomic E-state index is 5.89. The van der Waals surface area contributed by atoms with Crippen LogP contribution in [0.25, 0.3) is 0 Å². The highest BCUT2D eigenvalue weighted by molar-refractivity contribution is 6.75. The molecule has 0 fully saturated rings. The molecule has 0 unspecified atom stereocenters. The van der Waals surface area contributed by atoms with Gasteiger partial charge in [-0.15, -0.1) is 10.2 Å². The van der Waals surface area contributed by atoms with E-state index in [1.807, 2.05) is 20.8 Å². The van der Waals surface area contributed by atoms with Crippen LogP contribution in [0.1, 0.15) is 26.6 Å². The number of hydrogen-bond donors (Lipinski definition) is 0. The van der Waals surface area contributed by atoms with Gasteiger partial charge in [0.15, 0.2) is 0 Å². The van der Waals surface area contributed by atoms with Gasteiger partial charge in [-0.1, -0.05) is 58.0 Å². The summed E-state index contributed by atoms with van der Waals surface area (Å²) >= 11 is 28.7. The molecule has 1 rings (SSSR count). The second-order valence-electron chi connectivity index (χ2n) is 4.15. The zero-order valence-electron chi connectivity index (χ0n) is 8.68. The first-order chi connectivity index (χ1) is 6.96. The Morgan fingerprint density at radius 2 is 1.50 bits per heavy atom. The molecule has 92 valence electrons. The molecule has 0 aliphatic rings. The van der Waals surface area contributed by atoms with Gasteiger partial charge in [-0.3, -0.25) is 0 Å². The van der Waals surface area contributed by atoms with Crippen LogP contribution in [0, 0.1) is 0 Å². The third kappa shape index (κ3) is 2.85. The van der Waals surface area contributed by atoms with Crippen molar-refractivity contribution in [2.24, 2.45) is 0 Å².